The zero-order chi connectivity index (χ0) is 14.8. The molecule has 1 atom stereocenters. The van der Waals surface area contributed by atoms with Gasteiger partial charge in [0, 0.05) is 12.1 Å². The third-order valence-corrected chi connectivity index (χ3v) is 3.56. The number of aromatic nitrogens is 4. The summed E-state index contributed by atoms with van der Waals surface area (Å²) < 4.78 is 1.37. The van der Waals surface area contributed by atoms with Gasteiger partial charge in [-0.25, -0.2) is 19.3 Å². The first-order valence-electron chi connectivity index (χ1n) is 6.95. The molecule has 0 aliphatic heterocycles. The fraction of sp³-hybridized carbons (Fsp3) is 0.267. The molecular formula is C15H17N5O. The zero-order valence-electron chi connectivity index (χ0n) is 12.0. The number of rotatable bonds is 4. The molecule has 0 saturated carbocycles. The summed E-state index contributed by atoms with van der Waals surface area (Å²) in [5, 5.41) is 9.63. The maximum Gasteiger partial charge on any atom is 0.348 e. The van der Waals surface area contributed by atoms with Crippen molar-refractivity contribution in [3.8, 4) is 0 Å². The molecule has 0 radical (unpaired) electrons. The number of nitrogens with zero attached hydrogens (tertiary/aromatic N) is 3. The van der Waals surface area contributed by atoms with Gasteiger partial charge in [-0.15, -0.1) is 0 Å². The third kappa shape index (κ3) is 2.65. The van der Waals surface area contributed by atoms with Gasteiger partial charge in [0.2, 0.25) is 0 Å². The largest absolute Gasteiger partial charge is 0.363 e. The van der Waals surface area contributed by atoms with Gasteiger partial charge in [-0.2, -0.15) is 5.10 Å². The lowest BCUT2D eigenvalue weighted by molar-refractivity contribution is 0.868. The van der Waals surface area contributed by atoms with Crippen LogP contribution in [0.25, 0.3) is 5.65 Å². The zero-order valence-corrected chi connectivity index (χ0v) is 12.0. The van der Waals surface area contributed by atoms with Gasteiger partial charge < -0.3 is 5.32 Å². The molecule has 6 heteroatoms. The van der Waals surface area contributed by atoms with Gasteiger partial charge in [0.15, 0.2) is 5.65 Å². The van der Waals surface area contributed by atoms with E-state index in [-0.39, 0.29) is 11.7 Å². The summed E-state index contributed by atoms with van der Waals surface area (Å²) in [4.78, 5) is 15.6. The molecule has 0 fully saturated rings. The summed E-state index contributed by atoms with van der Waals surface area (Å²) in [6.07, 6.45) is 2.50. The minimum Gasteiger partial charge on any atom is -0.363 e. The van der Waals surface area contributed by atoms with Crippen molar-refractivity contribution in [2.75, 3.05) is 5.32 Å². The predicted octanol–water partition coefficient (Wildman–Crippen LogP) is 2.15. The molecule has 21 heavy (non-hydrogen) atoms. The van der Waals surface area contributed by atoms with Crippen LogP contribution in [0.3, 0.4) is 0 Å². The standard InChI is InChI=1S/C15H17N5O/c1-3-11-4-6-12(7-5-11)10(2)17-13-8-14-18-19-15(21)20(14)9-16-13/h4-10,17H,3H2,1-2H3,(H,19,21). The van der Waals surface area contributed by atoms with Gasteiger partial charge in [-0.3, -0.25) is 0 Å². The van der Waals surface area contributed by atoms with Crippen molar-refractivity contribution in [1.29, 1.82) is 0 Å². The first-order chi connectivity index (χ1) is 10.2. The van der Waals surface area contributed by atoms with E-state index in [1.54, 1.807) is 6.07 Å². The molecule has 0 aliphatic rings. The summed E-state index contributed by atoms with van der Waals surface area (Å²) in [7, 11) is 0. The van der Waals surface area contributed by atoms with Crippen molar-refractivity contribution >= 4 is 11.5 Å². The lowest BCUT2D eigenvalue weighted by Crippen LogP contribution is -2.12. The second-order valence-corrected chi connectivity index (χ2v) is 4.99. The molecule has 0 bridgehead atoms. The Morgan fingerprint density at radius 2 is 2.10 bits per heavy atom. The van der Waals surface area contributed by atoms with E-state index >= 15 is 0 Å². The Labute approximate surface area is 121 Å². The Morgan fingerprint density at radius 1 is 1.33 bits per heavy atom. The van der Waals surface area contributed by atoms with E-state index < -0.39 is 0 Å². The van der Waals surface area contributed by atoms with Crippen molar-refractivity contribution in [2.24, 2.45) is 0 Å². The summed E-state index contributed by atoms with van der Waals surface area (Å²) >= 11 is 0. The van der Waals surface area contributed by atoms with Gasteiger partial charge in [-0.05, 0) is 24.5 Å². The number of fused-ring (bicyclic) bond motifs is 1. The van der Waals surface area contributed by atoms with Crippen LogP contribution >= 0.6 is 0 Å². The number of hydrogen-bond donors (Lipinski definition) is 2. The number of hydrogen-bond acceptors (Lipinski definition) is 4. The number of nitrogens with one attached hydrogen (secondary N) is 2. The Kier molecular flexibility index (Phi) is 3.43. The van der Waals surface area contributed by atoms with Crippen LogP contribution in [0, 0.1) is 0 Å². The maximum atomic E-state index is 11.4. The SMILES string of the molecule is CCc1ccc(C(C)Nc2cc3n[nH]c(=O)n3cn2)cc1. The fourth-order valence-electron chi connectivity index (χ4n) is 2.24. The molecule has 0 spiro atoms. The number of aryl methyl sites for hydroxylation is 1. The van der Waals surface area contributed by atoms with Crippen LogP contribution in [0.15, 0.2) is 41.5 Å². The van der Waals surface area contributed by atoms with E-state index in [2.05, 4.69) is 58.6 Å². The monoisotopic (exact) mass is 283 g/mol. The highest BCUT2D eigenvalue weighted by Crippen LogP contribution is 2.18. The molecule has 0 aliphatic carbocycles. The lowest BCUT2D eigenvalue weighted by Gasteiger charge is -2.15. The molecule has 6 nitrogen and oxygen atoms in total. The fourth-order valence-corrected chi connectivity index (χ4v) is 2.24. The smallest absolute Gasteiger partial charge is 0.348 e. The lowest BCUT2D eigenvalue weighted by atomic mass is 10.1. The van der Waals surface area contributed by atoms with Crippen LogP contribution in [0.4, 0.5) is 5.82 Å². The second-order valence-electron chi connectivity index (χ2n) is 4.99. The van der Waals surface area contributed by atoms with Crippen LogP contribution in [0.1, 0.15) is 31.0 Å². The van der Waals surface area contributed by atoms with Gasteiger partial charge in [0.05, 0.1) is 0 Å². The molecule has 2 heterocycles. The maximum absolute atomic E-state index is 11.4. The number of H-pyrrole nitrogens is 1. The molecule has 0 amide bonds. The first kappa shape index (κ1) is 13.4. The average Bonchev–Trinajstić information content (AvgIpc) is 2.88. The number of aromatic amines is 1. The van der Waals surface area contributed by atoms with Gasteiger partial charge in [0.1, 0.15) is 12.1 Å². The van der Waals surface area contributed by atoms with Crippen LogP contribution in [-0.4, -0.2) is 19.6 Å². The highest BCUT2D eigenvalue weighted by Gasteiger charge is 2.08. The average molecular weight is 283 g/mol. The van der Waals surface area contributed by atoms with E-state index in [9.17, 15) is 4.79 Å². The molecule has 108 valence electrons. The molecule has 2 N–H and O–H groups in total. The first-order valence-corrected chi connectivity index (χ1v) is 6.95. The summed E-state index contributed by atoms with van der Waals surface area (Å²) in [6, 6.07) is 10.4. The minimum absolute atomic E-state index is 0.122. The Bertz CT molecular complexity index is 803. The molecule has 0 saturated heterocycles. The molecule has 3 rings (SSSR count). The molecule has 1 aromatic carbocycles. The normalized spacial score (nSPS) is 12.5. The van der Waals surface area contributed by atoms with Crippen molar-refractivity contribution in [3.63, 3.8) is 0 Å². The predicted molar refractivity (Wildman–Crippen MR) is 81.5 cm³/mol. The van der Waals surface area contributed by atoms with Crippen molar-refractivity contribution < 1.29 is 0 Å². The van der Waals surface area contributed by atoms with E-state index in [0.29, 0.717) is 11.5 Å². The van der Waals surface area contributed by atoms with Crippen molar-refractivity contribution in [3.05, 3.63) is 58.3 Å². The van der Waals surface area contributed by atoms with Crippen LogP contribution in [0.5, 0.6) is 0 Å². The number of anilines is 1. The van der Waals surface area contributed by atoms with E-state index in [4.69, 9.17) is 0 Å². The van der Waals surface area contributed by atoms with Crippen LogP contribution in [0.2, 0.25) is 0 Å². The van der Waals surface area contributed by atoms with Crippen LogP contribution < -0.4 is 11.0 Å². The van der Waals surface area contributed by atoms with Crippen LogP contribution in [-0.2, 0) is 6.42 Å². The number of benzene rings is 1. The second kappa shape index (κ2) is 5.40. The van der Waals surface area contributed by atoms with E-state index in [0.717, 1.165) is 6.42 Å². The summed E-state index contributed by atoms with van der Waals surface area (Å²) in [5.41, 5.74) is 2.77. The highest BCUT2D eigenvalue weighted by molar-refractivity contribution is 5.49. The van der Waals surface area contributed by atoms with E-state index in [1.165, 1.54) is 21.9 Å². The summed E-state index contributed by atoms with van der Waals surface area (Å²) in [5.74, 6) is 0.688. The van der Waals surface area contributed by atoms with Crippen molar-refractivity contribution in [1.82, 2.24) is 19.6 Å². The Morgan fingerprint density at radius 3 is 2.81 bits per heavy atom. The quantitative estimate of drug-likeness (QED) is 0.769. The molecular weight excluding hydrogens is 266 g/mol. The molecule has 1 unspecified atom stereocenters. The summed E-state index contributed by atoms with van der Waals surface area (Å²) in [6.45, 7) is 4.21. The molecule has 2 aromatic heterocycles. The minimum atomic E-state index is -0.285. The van der Waals surface area contributed by atoms with Gasteiger partial charge in [0.25, 0.3) is 0 Å². The topological polar surface area (TPSA) is 75.1 Å². The highest BCUT2D eigenvalue weighted by atomic mass is 16.1. The van der Waals surface area contributed by atoms with E-state index in [1.807, 2.05) is 0 Å². The Balaban J connectivity index is 1.81. The van der Waals surface area contributed by atoms with Crippen molar-refractivity contribution in [2.45, 2.75) is 26.3 Å². The molecule has 3 aromatic rings. The Hall–Kier alpha value is -2.63. The van der Waals surface area contributed by atoms with Gasteiger partial charge in [-0.1, -0.05) is 31.2 Å². The third-order valence-electron chi connectivity index (χ3n) is 3.56. The van der Waals surface area contributed by atoms with Gasteiger partial charge >= 0.3 is 5.69 Å².